The van der Waals surface area contributed by atoms with E-state index in [1.165, 1.54) is 0 Å². The third-order valence-corrected chi connectivity index (χ3v) is 3.79. The Bertz CT molecular complexity index is 939. The lowest BCUT2D eigenvalue weighted by Gasteiger charge is -2.09. The molecular formula is C20H20N4O2. The molecule has 6 heteroatoms. The molecule has 0 radical (unpaired) electrons. The van der Waals surface area contributed by atoms with Crippen LogP contribution in [0.1, 0.15) is 20.3 Å². The van der Waals surface area contributed by atoms with Gasteiger partial charge < -0.3 is 4.74 Å². The zero-order chi connectivity index (χ0) is 18.4. The summed E-state index contributed by atoms with van der Waals surface area (Å²) in [5, 5.41) is 14.8. The molecule has 0 aliphatic carbocycles. The number of esters is 1. The highest BCUT2D eigenvalue weighted by Crippen LogP contribution is 2.29. The molecular weight excluding hydrogens is 328 g/mol. The minimum absolute atomic E-state index is 0.133. The highest BCUT2D eigenvalue weighted by Gasteiger charge is 2.10. The first-order valence-electron chi connectivity index (χ1n) is 8.44. The standard InChI is InChI=1S/C20H20N4O2/c1-3-26-18(25)13-14(2)21-23-20-17-12-8-7-11-16(17)19(22-24-20)15-9-5-4-6-10-15/h4-12H,3,13H2,1-2H3,(H,23,24)/b21-14+. The van der Waals surface area contributed by atoms with Gasteiger partial charge in [-0.15, -0.1) is 10.2 Å². The minimum Gasteiger partial charge on any atom is -0.466 e. The molecule has 132 valence electrons. The summed E-state index contributed by atoms with van der Waals surface area (Å²) in [6, 6.07) is 17.8. The number of carbonyl (C=O) groups excluding carboxylic acids is 1. The fraction of sp³-hybridized carbons (Fsp3) is 0.200. The van der Waals surface area contributed by atoms with Crippen molar-refractivity contribution >= 4 is 28.3 Å². The number of aromatic nitrogens is 2. The van der Waals surface area contributed by atoms with Gasteiger partial charge in [-0.3, -0.25) is 10.2 Å². The van der Waals surface area contributed by atoms with Crippen LogP contribution in [0.15, 0.2) is 59.7 Å². The van der Waals surface area contributed by atoms with Crippen LogP contribution in [0.5, 0.6) is 0 Å². The number of carbonyl (C=O) groups is 1. The predicted octanol–water partition coefficient (Wildman–Crippen LogP) is 4.04. The lowest BCUT2D eigenvalue weighted by molar-refractivity contribution is -0.141. The van der Waals surface area contributed by atoms with Crippen LogP contribution >= 0.6 is 0 Å². The number of hydrazone groups is 1. The third-order valence-electron chi connectivity index (χ3n) is 3.79. The Morgan fingerprint density at radius 3 is 2.46 bits per heavy atom. The second kappa shape index (κ2) is 8.20. The Balaban J connectivity index is 1.90. The molecule has 6 nitrogen and oxygen atoms in total. The van der Waals surface area contributed by atoms with Crippen LogP contribution in [0, 0.1) is 0 Å². The smallest absolute Gasteiger partial charge is 0.311 e. The van der Waals surface area contributed by atoms with Crippen LogP contribution in [-0.4, -0.2) is 28.5 Å². The third kappa shape index (κ3) is 4.03. The lowest BCUT2D eigenvalue weighted by atomic mass is 10.0. The second-order valence-electron chi connectivity index (χ2n) is 5.75. The molecule has 0 bridgehead atoms. The molecule has 0 aliphatic rings. The monoisotopic (exact) mass is 348 g/mol. The molecule has 3 rings (SSSR count). The number of hydrogen-bond donors (Lipinski definition) is 1. The number of hydrogen-bond acceptors (Lipinski definition) is 6. The van der Waals surface area contributed by atoms with Crippen LogP contribution in [0.3, 0.4) is 0 Å². The van der Waals surface area contributed by atoms with Gasteiger partial charge in [-0.25, -0.2) is 0 Å². The van der Waals surface area contributed by atoms with Crippen molar-refractivity contribution in [3.05, 3.63) is 54.6 Å². The molecule has 0 unspecified atom stereocenters. The van der Waals surface area contributed by atoms with Crippen molar-refractivity contribution in [3.63, 3.8) is 0 Å². The maximum atomic E-state index is 11.5. The maximum Gasteiger partial charge on any atom is 0.311 e. The molecule has 0 fully saturated rings. The van der Waals surface area contributed by atoms with E-state index in [-0.39, 0.29) is 12.4 Å². The van der Waals surface area contributed by atoms with Gasteiger partial charge in [-0.2, -0.15) is 5.10 Å². The topological polar surface area (TPSA) is 76.5 Å². The van der Waals surface area contributed by atoms with Crippen LogP contribution in [0.4, 0.5) is 5.82 Å². The van der Waals surface area contributed by atoms with E-state index in [4.69, 9.17) is 4.74 Å². The number of nitrogens with zero attached hydrogens (tertiary/aromatic N) is 3. The maximum absolute atomic E-state index is 11.5. The van der Waals surface area contributed by atoms with Gasteiger partial charge in [0.15, 0.2) is 5.82 Å². The highest BCUT2D eigenvalue weighted by molar-refractivity contribution is 6.01. The molecule has 2 aromatic carbocycles. The zero-order valence-electron chi connectivity index (χ0n) is 14.8. The molecule has 0 saturated carbocycles. The van der Waals surface area contributed by atoms with Gasteiger partial charge in [0.2, 0.25) is 0 Å². The van der Waals surface area contributed by atoms with Crippen molar-refractivity contribution in [2.24, 2.45) is 5.10 Å². The summed E-state index contributed by atoms with van der Waals surface area (Å²) in [7, 11) is 0. The van der Waals surface area contributed by atoms with E-state index >= 15 is 0 Å². The van der Waals surface area contributed by atoms with E-state index in [0.717, 1.165) is 22.0 Å². The number of anilines is 1. The van der Waals surface area contributed by atoms with Crippen molar-refractivity contribution in [2.45, 2.75) is 20.3 Å². The zero-order valence-corrected chi connectivity index (χ0v) is 14.8. The molecule has 0 amide bonds. The van der Waals surface area contributed by atoms with Crippen molar-refractivity contribution < 1.29 is 9.53 Å². The van der Waals surface area contributed by atoms with Gasteiger partial charge in [0.05, 0.1) is 13.0 Å². The summed E-state index contributed by atoms with van der Waals surface area (Å²) >= 11 is 0. The van der Waals surface area contributed by atoms with E-state index < -0.39 is 0 Å². The number of benzene rings is 2. The SMILES string of the molecule is CCOC(=O)C/C(C)=N/Nc1nnc(-c2ccccc2)c2ccccc12. The predicted molar refractivity (Wildman–Crippen MR) is 103 cm³/mol. The van der Waals surface area contributed by atoms with E-state index in [2.05, 4.69) is 20.7 Å². The fourth-order valence-corrected chi connectivity index (χ4v) is 2.60. The van der Waals surface area contributed by atoms with Crippen LogP contribution in [0.25, 0.3) is 22.0 Å². The average molecular weight is 348 g/mol. The normalized spacial score (nSPS) is 11.4. The molecule has 0 spiro atoms. The van der Waals surface area contributed by atoms with Crippen LogP contribution in [-0.2, 0) is 9.53 Å². The largest absolute Gasteiger partial charge is 0.466 e. The molecule has 0 saturated heterocycles. The van der Waals surface area contributed by atoms with Gasteiger partial charge >= 0.3 is 5.97 Å². The van der Waals surface area contributed by atoms with E-state index in [0.29, 0.717) is 18.1 Å². The second-order valence-corrected chi connectivity index (χ2v) is 5.75. The number of rotatable bonds is 6. The van der Waals surface area contributed by atoms with Gasteiger partial charge in [0.1, 0.15) is 5.69 Å². The molecule has 26 heavy (non-hydrogen) atoms. The summed E-state index contributed by atoms with van der Waals surface area (Å²) in [4.78, 5) is 11.5. The number of ether oxygens (including phenoxy) is 1. The summed E-state index contributed by atoms with van der Waals surface area (Å²) in [6.45, 7) is 3.90. The molecule has 1 N–H and O–H groups in total. The van der Waals surface area contributed by atoms with Gasteiger partial charge in [-0.05, 0) is 13.8 Å². The van der Waals surface area contributed by atoms with E-state index in [1.54, 1.807) is 13.8 Å². The van der Waals surface area contributed by atoms with Crippen molar-refractivity contribution in [1.82, 2.24) is 10.2 Å². The molecule has 1 aromatic heterocycles. The molecule has 3 aromatic rings. The summed E-state index contributed by atoms with van der Waals surface area (Å²) < 4.78 is 4.92. The first-order valence-corrected chi connectivity index (χ1v) is 8.44. The Morgan fingerprint density at radius 1 is 1.04 bits per heavy atom. The van der Waals surface area contributed by atoms with Crippen molar-refractivity contribution in [2.75, 3.05) is 12.0 Å². The van der Waals surface area contributed by atoms with Gasteiger partial charge in [0, 0.05) is 22.0 Å². The first kappa shape index (κ1) is 17.5. The number of nitrogens with one attached hydrogen (secondary N) is 1. The summed E-state index contributed by atoms with van der Waals surface area (Å²) in [6.07, 6.45) is 0.133. The van der Waals surface area contributed by atoms with Crippen molar-refractivity contribution in [1.29, 1.82) is 0 Å². The van der Waals surface area contributed by atoms with Gasteiger partial charge in [-0.1, -0.05) is 54.6 Å². The van der Waals surface area contributed by atoms with Crippen LogP contribution in [0.2, 0.25) is 0 Å². The Labute approximate surface area is 151 Å². The lowest BCUT2D eigenvalue weighted by Crippen LogP contribution is -2.10. The first-order chi connectivity index (χ1) is 12.7. The highest BCUT2D eigenvalue weighted by atomic mass is 16.5. The summed E-state index contributed by atoms with van der Waals surface area (Å²) in [5.74, 6) is 0.245. The number of fused-ring (bicyclic) bond motifs is 1. The Hall–Kier alpha value is -3.28. The molecule has 0 atom stereocenters. The quantitative estimate of drug-likeness (QED) is 0.413. The van der Waals surface area contributed by atoms with E-state index in [9.17, 15) is 4.79 Å². The average Bonchev–Trinajstić information content (AvgIpc) is 2.67. The van der Waals surface area contributed by atoms with Gasteiger partial charge in [0.25, 0.3) is 0 Å². The Morgan fingerprint density at radius 2 is 1.73 bits per heavy atom. The van der Waals surface area contributed by atoms with E-state index in [1.807, 2.05) is 54.6 Å². The minimum atomic E-state index is -0.300. The van der Waals surface area contributed by atoms with Crippen molar-refractivity contribution in [3.8, 4) is 11.3 Å². The summed E-state index contributed by atoms with van der Waals surface area (Å²) in [5.41, 5.74) is 5.36. The van der Waals surface area contributed by atoms with Crippen LogP contribution < -0.4 is 5.43 Å². The molecule has 1 heterocycles. The Kier molecular flexibility index (Phi) is 5.53. The molecule has 0 aliphatic heterocycles. The fourth-order valence-electron chi connectivity index (χ4n) is 2.60.